The molecule has 0 saturated carbocycles. The van der Waals surface area contributed by atoms with Crippen LogP contribution in [0.5, 0.6) is 5.75 Å². The Morgan fingerprint density at radius 2 is 1.63 bits per heavy atom. The van der Waals surface area contributed by atoms with E-state index in [1.54, 1.807) is 7.11 Å². The highest BCUT2D eigenvalue weighted by Crippen LogP contribution is 2.19. The van der Waals surface area contributed by atoms with E-state index in [9.17, 15) is 0 Å². The fourth-order valence-corrected chi connectivity index (χ4v) is 2.43. The van der Waals surface area contributed by atoms with Crippen molar-refractivity contribution in [3.05, 3.63) is 29.8 Å². The van der Waals surface area contributed by atoms with Gasteiger partial charge in [-0.2, -0.15) is 0 Å². The van der Waals surface area contributed by atoms with Crippen LogP contribution in [0.15, 0.2) is 24.3 Å². The molecule has 0 amide bonds. The molecule has 1 unspecified atom stereocenters. The van der Waals surface area contributed by atoms with E-state index in [1.807, 2.05) is 12.1 Å². The van der Waals surface area contributed by atoms with Gasteiger partial charge in [0.1, 0.15) is 5.75 Å². The molecule has 0 fully saturated rings. The monoisotopic (exact) mass is 264 g/mol. The minimum absolute atomic E-state index is 0.291. The van der Waals surface area contributed by atoms with E-state index in [2.05, 4.69) is 37.8 Å². The molecule has 108 valence electrons. The van der Waals surface area contributed by atoms with E-state index >= 15 is 0 Å². The van der Waals surface area contributed by atoms with Crippen molar-refractivity contribution in [3.8, 4) is 5.75 Å². The molecule has 19 heavy (non-hydrogen) atoms. The van der Waals surface area contributed by atoms with Crippen molar-refractivity contribution in [3.63, 3.8) is 0 Å². The summed E-state index contributed by atoms with van der Waals surface area (Å²) in [6, 6.07) is 8.19. The quantitative estimate of drug-likeness (QED) is 0.733. The molecule has 0 heterocycles. The van der Waals surface area contributed by atoms with Crippen molar-refractivity contribution >= 4 is 0 Å². The first kappa shape index (κ1) is 16.0. The van der Waals surface area contributed by atoms with Crippen molar-refractivity contribution < 1.29 is 4.74 Å². The third-order valence-electron chi connectivity index (χ3n) is 3.43. The molecule has 0 saturated heterocycles. The molecule has 3 nitrogen and oxygen atoms in total. The van der Waals surface area contributed by atoms with Crippen molar-refractivity contribution in [2.45, 2.75) is 45.7 Å². The van der Waals surface area contributed by atoms with Crippen LogP contribution in [0.25, 0.3) is 0 Å². The van der Waals surface area contributed by atoms with Crippen LogP contribution in [0, 0.1) is 0 Å². The molecule has 0 bridgehead atoms. The third-order valence-corrected chi connectivity index (χ3v) is 3.43. The Kier molecular flexibility index (Phi) is 6.32. The van der Waals surface area contributed by atoms with Gasteiger partial charge in [-0.1, -0.05) is 26.0 Å². The van der Waals surface area contributed by atoms with Crippen molar-refractivity contribution in [2.75, 3.05) is 20.2 Å². The minimum atomic E-state index is -0.291. The van der Waals surface area contributed by atoms with Crippen LogP contribution >= 0.6 is 0 Å². The average Bonchev–Trinajstić information content (AvgIpc) is 2.39. The number of nitrogens with zero attached hydrogens (tertiary/aromatic N) is 1. The number of benzene rings is 1. The summed E-state index contributed by atoms with van der Waals surface area (Å²) in [5, 5.41) is 0. The fraction of sp³-hybridized carbons (Fsp3) is 0.625. The van der Waals surface area contributed by atoms with Gasteiger partial charge in [0, 0.05) is 6.42 Å². The molecule has 3 heteroatoms. The Balaban J connectivity index is 2.74. The number of ether oxygens (including phenoxy) is 1. The first-order valence-corrected chi connectivity index (χ1v) is 7.20. The summed E-state index contributed by atoms with van der Waals surface area (Å²) in [5.74, 6) is 0.890. The van der Waals surface area contributed by atoms with Crippen LogP contribution in [-0.4, -0.2) is 30.8 Å². The minimum Gasteiger partial charge on any atom is -0.497 e. The van der Waals surface area contributed by atoms with Crippen LogP contribution in [0.4, 0.5) is 0 Å². The average molecular weight is 264 g/mol. The SMILES string of the molecule is CCCN(CCC)C(C)(N)Cc1ccc(OC)cc1. The second-order valence-electron chi connectivity index (χ2n) is 5.37. The highest BCUT2D eigenvalue weighted by atomic mass is 16.5. The molecule has 0 radical (unpaired) electrons. The summed E-state index contributed by atoms with van der Waals surface area (Å²) in [7, 11) is 1.69. The lowest BCUT2D eigenvalue weighted by Gasteiger charge is -2.38. The summed E-state index contributed by atoms with van der Waals surface area (Å²) in [6.07, 6.45) is 3.13. The molecule has 0 aliphatic heterocycles. The third kappa shape index (κ3) is 4.84. The van der Waals surface area contributed by atoms with Gasteiger partial charge in [-0.25, -0.2) is 0 Å². The Labute approximate surface area is 117 Å². The van der Waals surface area contributed by atoms with Gasteiger partial charge in [0.05, 0.1) is 12.8 Å². The van der Waals surface area contributed by atoms with Gasteiger partial charge in [0.2, 0.25) is 0 Å². The van der Waals surface area contributed by atoms with Gasteiger partial charge in [0.15, 0.2) is 0 Å². The Morgan fingerprint density at radius 3 is 2.05 bits per heavy atom. The van der Waals surface area contributed by atoms with E-state index in [0.29, 0.717) is 0 Å². The lowest BCUT2D eigenvalue weighted by atomic mass is 9.99. The molecule has 0 aromatic heterocycles. The maximum Gasteiger partial charge on any atom is 0.118 e. The molecule has 1 rings (SSSR count). The van der Waals surface area contributed by atoms with Gasteiger partial charge < -0.3 is 10.5 Å². The Morgan fingerprint density at radius 1 is 1.11 bits per heavy atom. The molecular weight excluding hydrogens is 236 g/mol. The zero-order valence-corrected chi connectivity index (χ0v) is 12.8. The second kappa shape index (κ2) is 7.51. The molecule has 0 aliphatic carbocycles. The maximum atomic E-state index is 6.53. The van der Waals surface area contributed by atoms with Crippen LogP contribution in [-0.2, 0) is 6.42 Å². The normalized spacial score (nSPS) is 14.4. The second-order valence-corrected chi connectivity index (χ2v) is 5.37. The molecule has 1 atom stereocenters. The number of rotatable bonds is 8. The van der Waals surface area contributed by atoms with Crippen molar-refractivity contribution in [1.82, 2.24) is 4.90 Å². The van der Waals surface area contributed by atoms with Gasteiger partial charge >= 0.3 is 0 Å². The number of nitrogens with two attached hydrogens (primary N) is 1. The van der Waals surface area contributed by atoms with Crippen LogP contribution in [0.2, 0.25) is 0 Å². The zero-order valence-electron chi connectivity index (χ0n) is 12.8. The maximum absolute atomic E-state index is 6.53. The highest BCUT2D eigenvalue weighted by molar-refractivity contribution is 5.28. The Hall–Kier alpha value is -1.06. The number of hydrogen-bond donors (Lipinski definition) is 1. The lowest BCUT2D eigenvalue weighted by Crippen LogP contribution is -2.55. The van der Waals surface area contributed by atoms with Crippen LogP contribution < -0.4 is 10.5 Å². The summed E-state index contributed by atoms with van der Waals surface area (Å²) in [6.45, 7) is 8.63. The first-order valence-electron chi connectivity index (χ1n) is 7.20. The predicted molar refractivity (Wildman–Crippen MR) is 81.4 cm³/mol. The largest absolute Gasteiger partial charge is 0.497 e. The zero-order chi connectivity index (χ0) is 14.3. The standard InChI is InChI=1S/C16H28N2O/c1-5-11-18(12-6-2)16(3,17)13-14-7-9-15(19-4)10-8-14/h7-10H,5-6,11-13,17H2,1-4H3. The molecular formula is C16H28N2O. The smallest absolute Gasteiger partial charge is 0.118 e. The highest BCUT2D eigenvalue weighted by Gasteiger charge is 2.26. The van der Waals surface area contributed by atoms with Gasteiger partial charge in [-0.05, 0) is 50.6 Å². The number of methoxy groups -OCH3 is 1. The van der Waals surface area contributed by atoms with E-state index in [-0.39, 0.29) is 5.66 Å². The van der Waals surface area contributed by atoms with E-state index in [4.69, 9.17) is 10.5 Å². The van der Waals surface area contributed by atoms with Gasteiger partial charge in [0.25, 0.3) is 0 Å². The van der Waals surface area contributed by atoms with Gasteiger partial charge in [-0.3, -0.25) is 4.90 Å². The van der Waals surface area contributed by atoms with Crippen LogP contribution in [0.1, 0.15) is 39.2 Å². The lowest BCUT2D eigenvalue weighted by molar-refractivity contribution is 0.108. The summed E-state index contributed by atoms with van der Waals surface area (Å²) < 4.78 is 5.18. The van der Waals surface area contributed by atoms with Crippen molar-refractivity contribution in [2.24, 2.45) is 5.73 Å². The molecule has 0 spiro atoms. The van der Waals surface area contributed by atoms with E-state index in [0.717, 1.165) is 38.1 Å². The molecule has 1 aromatic rings. The van der Waals surface area contributed by atoms with Gasteiger partial charge in [-0.15, -0.1) is 0 Å². The van der Waals surface area contributed by atoms with E-state index in [1.165, 1.54) is 5.56 Å². The first-order chi connectivity index (χ1) is 9.03. The summed E-state index contributed by atoms with van der Waals surface area (Å²) >= 11 is 0. The van der Waals surface area contributed by atoms with Crippen LogP contribution in [0.3, 0.4) is 0 Å². The topological polar surface area (TPSA) is 38.5 Å². The molecule has 1 aromatic carbocycles. The van der Waals surface area contributed by atoms with E-state index < -0.39 is 0 Å². The fourth-order valence-electron chi connectivity index (χ4n) is 2.43. The summed E-state index contributed by atoms with van der Waals surface area (Å²) in [4.78, 5) is 2.39. The molecule has 2 N–H and O–H groups in total. The van der Waals surface area contributed by atoms with Crippen molar-refractivity contribution in [1.29, 1.82) is 0 Å². The predicted octanol–water partition coefficient (Wildman–Crippen LogP) is 3.03. The summed E-state index contributed by atoms with van der Waals surface area (Å²) in [5.41, 5.74) is 7.49. The molecule has 0 aliphatic rings. The Bertz CT molecular complexity index is 354. The number of hydrogen-bond acceptors (Lipinski definition) is 3.